The van der Waals surface area contributed by atoms with Crippen molar-refractivity contribution in [2.24, 2.45) is 17.4 Å². The molecular weight excluding hydrogens is 659 g/mol. The van der Waals surface area contributed by atoms with Gasteiger partial charge in [-0.3, -0.25) is 23.8 Å². The number of carbonyl (C=O) groups excluding carboxylic acids is 3. The largest absolute Gasteiger partial charge is 0.508 e. The van der Waals surface area contributed by atoms with Gasteiger partial charge in [0.1, 0.15) is 22.8 Å². The number of aromatic hydroxyl groups is 1. The molecule has 3 aliphatic carbocycles. The van der Waals surface area contributed by atoms with Crippen LogP contribution in [0.3, 0.4) is 0 Å². The lowest BCUT2D eigenvalue weighted by molar-refractivity contribution is -0.171. The average Bonchev–Trinajstić information content (AvgIpc) is 3.03. The Hall–Kier alpha value is -4.08. The molecule has 5 rings (SSSR count). The molecular formula is C33H41N4O11P. The molecule has 10 N–H and O–H groups in total. The molecule has 1 fully saturated rings. The number of amides is 1. The zero-order valence-corrected chi connectivity index (χ0v) is 28.5. The molecule has 1 unspecified atom stereocenters. The van der Waals surface area contributed by atoms with E-state index in [0.29, 0.717) is 5.56 Å². The monoisotopic (exact) mass is 700 g/mol. The first-order valence-electron chi connectivity index (χ1n) is 15.6. The zero-order chi connectivity index (χ0) is 36.4. The molecule has 15 nitrogen and oxygen atoms in total. The van der Waals surface area contributed by atoms with Crippen molar-refractivity contribution in [3.63, 3.8) is 0 Å². The molecule has 7 atom stereocenters. The number of fused-ring (bicyclic) bond motifs is 3. The summed E-state index contributed by atoms with van der Waals surface area (Å²) in [5.74, 6) is -10.9. The van der Waals surface area contributed by atoms with Crippen molar-refractivity contribution in [1.29, 1.82) is 0 Å². The first-order chi connectivity index (χ1) is 22.9. The van der Waals surface area contributed by atoms with Crippen LogP contribution in [-0.4, -0.2) is 98.5 Å². The second-order valence-electron chi connectivity index (χ2n) is 12.6. The lowest BCUT2D eigenvalue weighted by Crippen LogP contribution is -2.77. The molecule has 49 heavy (non-hydrogen) atoms. The molecule has 2 aromatic rings. The van der Waals surface area contributed by atoms with Crippen LogP contribution in [0.1, 0.15) is 49.2 Å². The number of nitrogens with two attached hydrogens (primary N) is 2. The predicted octanol–water partition coefficient (Wildman–Crippen LogP) is 1.95. The van der Waals surface area contributed by atoms with Gasteiger partial charge in [0, 0.05) is 5.92 Å². The lowest BCUT2D eigenvalue weighted by Gasteiger charge is -2.57. The van der Waals surface area contributed by atoms with Gasteiger partial charge in [-0.15, -0.1) is 0 Å². The van der Waals surface area contributed by atoms with Crippen LogP contribution in [0, 0.1) is 5.92 Å². The summed E-state index contributed by atoms with van der Waals surface area (Å²) in [6, 6.07) is 9.89. The van der Waals surface area contributed by atoms with E-state index in [1.807, 2.05) is 0 Å². The van der Waals surface area contributed by atoms with E-state index < -0.39 is 94.4 Å². The number of anilines is 1. The fourth-order valence-electron chi connectivity index (χ4n) is 7.47. The number of ketones is 2. The molecule has 1 saturated carbocycles. The van der Waals surface area contributed by atoms with E-state index >= 15 is 0 Å². The van der Waals surface area contributed by atoms with Gasteiger partial charge in [-0.05, 0) is 45.1 Å². The number of likely N-dealkylation sites (N-methyl/N-ethyl adjacent to an activating group) is 1. The third-order valence-corrected chi connectivity index (χ3v) is 12.1. The van der Waals surface area contributed by atoms with Crippen LogP contribution < -0.4 is 16.8 Å². The second kappa shape index (κ2) is 12.7. The Balaban J connectivity index is 1.73. The standard InChI is InChI=1S/C33H41N4O11P/c1-6-47-49(46,48-7-2)31(16-11-9-8-10-12-16)36-18-14-13-17-15(3)32(35)22(25(39)19(17)24(18)38)29(43)33(45)21(28(32)42)23(37(4)5)26(40)20(27(33)41)30(34)44/h8-15,21,23,28,31,36,38-39,41-42,45H,6-7,35H2,1-5H3,(H2,34,44)/t15-,21+,23-,28+,31?,32-,33+/m0/s1. The normalized spacial score (nSPS) is 29.0. The quantitative estimate of drug-likeness (QED) is 0.100. The number of nitrogens with one attached hydrogen (secondary N) is 1. The molecule has 3 aliphatic rings. The highest BCUT2D eigenvalue weighted by Crippen LogP contribution is 2.62. The van der Waals surface area contributed by atoms with Crippen LogP contribution in [0.4, 0.5) is 5.69 Å². The number of Topliss-reactive ketones (excluding diaryl/α,β-unsaturated/α-hetero) is 2. The lowest BCUT2D eigenvalue weighted by atomic mass is 9.51. The summed E-state index contributed by atoms with van der Waals surface area (Å²) >= 11 is 0. The van der Waals surface area contributed by atoms with Crippen LogP contribution >= 0.6 is 7.60 Å². The predicted molar refractivity (Wildman–Crippen MR) is 177 cm³/mol. The van der Waals surface area contributed by atoms with Crippen molar-refractivity contribution in [3.8, 4) is 5.75 Å². The Morgan fingerprint density at radius 1 is 1.06 bits per heavy atom. The second-order valence-corrected chi connectivity index (χ2v) is 14.7. The minimum absolute atomic E-state index is 0.0365. The number of aliphatic hydroxyl groups is 4. The maximum Gasteiger partial charge on any atom is 0.357 e. The fraction of sp³-hybridized carbons (Fsp3) is 0.424. The average molecular weight is 701 g/mol. The van der Waals surface area contributed by atoms with Crippen molar-refractivity contribution in [2.75, 3.05) is 32.6 Å². The third-order valence-electron chi connectivity index (χ3n) is 9.78. The maximum absolute atomic E-state index is 14.4. The summed E-state index contributed by atoms with van der Waals surface area (Å²) in [5.41, 5.74) is 5.40. The van der Waals surface area contributed by atoms with Crippen molar-refractivity contribution < 1.29 is 53.5 Å². The van der Waals surface area contributed by atoms with E-state index in [1.54, 1.807) is 44.2 Å². The fourth-order valence-corrected chi connectivity index (χ4v) is 9.39. The molecule has 0 radical (unpaired) electrons. The van der Waals surface area contributed by atoms with E-state index in [4.69, 9.17) is 20.5 Å². The molecule has 0 heterocycles. The van der Waals surface area contributed by atoms with E-state index in [9.17, 15) is 44.5 Å². The van der Waals surface area contributed by atoms with Crippen LogP contribution in [0.15, 0.2) is 59.4 Å². The molecule has 0 aliphatic heterocycles. The van der Waals surface area contributed by atoms with Crippen molar-refractivity contribution >= 4 is 36.5 Å². The van der Waals surface area contributed by atoms with Crippen molar-refractivity contribution in [1.82, 2.24) is 4.90 Å². The van der Waals surface area contributed by atoms with E-state index in [2.05, 4.69) is 5.32 Å². The van der Waals surface area contributed by atoms with E-state index in [0.717, 1.165) is 0 Å². The Bertz CT molecular complexity index is 1820. The molecule has 264 valence electrons. The Labute approximate surface area is 282 Å². The van der Waals surface area contributed by atoms with Gasteiger partial charge in [-0.1, -0.05) is 43.3 Å². The molecule has 0 spiro atoms. The summed E-state index contributed by atoms with van der Waals surface area (Å²) in [6.45, 7) is 4.88. The van der Waals surface area contributed by atoms with Crippen LogP contribution in [0.25, 0.3) is 5.76 Å². The van der Waals surface area contributed by atoms with Gasteiger partial charge >= 0.3 is 7.60 Å². The maximum atomic E-state index is 14.4. The van der Waals surface area contributed by atoms with Gasteiger partial charge in [0.25, 0.3) is 5.91 Å². The molecule has 0 bridgehead atoms. The van der Waals surface area contributed by atoms with Crippen LogP contribution in [0.5, 0.6) is 5.75 Å². The summed E-state index contributed by atoms with van der Waals surface area (Å²) < 4.78 is 25.3. The highest BCUT2D eigenvalue weighted by Gasteiger charge is 2.72. The number of aliphatic hydroxyl groups excluding tert-OH is 3. The number of phenols is 1. The minimum Gasteiger partial charge on any atom is -0.508 e. The third kappa shape index (κ3) is 5.11. The van der Waals surface area contributed by atoms with Crippen LogP contribution in [0.2, 0.25) is 0 Å². The van der Waals surface area contributed by atoms with Gasteiger partial charge in [-0.25, -0.2) is 0 Å². The molecule has 0 saturated heterocycles. The van der Waals surface area contributed by atoms with Crippen molar-refractivity contribution in [2.45, 2.75) is 55.8 Å². The highest BCUT2D eigenvalue weighted by molar-refractivity contribution is 7.54. The summed E-state index contributed by atoms with van der Waals surface area (Å²) in [5, 5.41) is 61.6. The van der Waals surface area contributed by atoms with Gasteiger partial charge in [-0.2, -0.15) is 0 Å². The highest BCUT2D eigenvalue weighted by atomic mass is 31.2. The van der Waals surface area contributed by atoms with Gasteiger partial charge in [0.05, 0.1) is 53.6 Å². The van der Waals surface area contributed by atoms with Gasteiger partial charge in [0.15, 0.2) is 17.2 Å². The summed E-state index contributed by atoms with van der Waals surface area (Å²) in [7, 11) is -1.15. The molecule has 16 heteroatoms. The zero-order valence-electron chi connectivity index (χ0n) is 27.6. The van der Waals surface area contributed by atoms with Gasteiger partial charge in [0.2, 0.25) is 5.78 Å². The molecule has 2 aromatic carbocycles. The number of carbonyl (C=O) groups is 3. The van der Waals surface area contributed by atoms with Crippen molar-refractivity contribution in [3.05, 3.63) is 76.1 Å². The number of hydrogen-bond acceptors (Lipinski definition) is 14. The Kier molecular flexibility index (Phi) is 9.36. The van der Waals surface area contributed by atoms with Crippen LogP contribution in [-0.2, 0) is 28.0 Å². The first-order valence-corrected chi connectivity index (χ1v) is 17.2. The summed E-state index contributed by atoms with van der Waals surface area (Å²) in [4.78, 5) is 41.4. The van der Waals surface area contributed by atoms with E-state index in [1.165, 1.54) is 38.1 Å². The first kappa shape index (κ1) is 36.2. The molecule has 0 aromatic heterocycles. The SMILES string of the molecule is CCOP(=O)(OCC)C(Nc1ccc2c(c1O)C(O)=C1C(=O)[C@]3(O)C(O)=C(C(N)=O)C(=O)[C@@H](N(C)C)[C@@H]3[C@@H](O)[C@]1(N)[C@H]2C)c1ccccc1. The number of primary amides is 1. The topological polar surface area (TPSA) is 255 Å². The number of rotatable bonds is 10. The number of phenolic OH excluding ortho intramolecular Hbond substituents is 1. The number of hydrogen-bond donors (Lipinski definition) is 8. The van der Waals surface area contributed by atoms with E-state index in [-0.39, 0.29) is 30.0 Å². The summed E-state index contributed by atoms with van der Waals surface area (Å²) in [6.07, 6.45) is -1.99. The Morgan fingerprint density at radius 2 is 1.65 bits per heavy atom. The molecule has 1 amide bonds. The Morgan fingerprint density at radius 3 is 2.18 bits per heavy atom. The number of benzene rings is 2. The van der Waals surface area contributed by atoms with Gasteiger partial charge < -0.3 is 51.4 Å². The smallest absolute Gasteiger partial charge is 0.357 e. The number of nitrogens with zero attached hydrogens (tertiary/aromatic N) is 1. The minimum atomic E-state index is -3.95.